The highest BCUT2D eigenvalue weighted by Gasteiger charge is 2.28. The first kappa shape index (κ1) is 11.1. The van der Waals surface area contributed by atoms with E-state index in [4.69, 9.17) is 4.74 Å². The molecule has 0 spiro atoms. The van der Waals surface area contributed by atoms with Gasteiger partial charge in [0.25, 0.3) is 5.91 Å². The van der Waals surface area contributed by atoms with Crippen molar-refractivity contribution in [2.24, 2.45) is 5.10 Å². The highest BCUT2D eigenvalue weighted by Crippen LogP contribution is 2.12. The minimum atomic E-state index is -0.207. The van der Waals surface area contributed by atoms with E-state index in [1.165, 1.54) is 0 Å². The Morgan fingerprint density at radius 1 is 1.56 bits per heavy atom. The molecule has 2 aliphatic heterocycles. The third-order valence-electron chi connectivity index (χ3n) is 2.75. The molecule has 1 N–H and O–H groups in total. The van der Waals surface area contributed by atoms with Crippen LogP contribution >= 0.6 is 0 Å². The summed E-state index contributed by atoms with van der Waals surface area (Å²) in [5.74, 6) is -0.272. The molecule has 1 saturated heterocycles. The van der Waals surface area contributed by atoms with Crippen LogP contribution in [0, 0.1) is 0 Å². The molecule has 0 aromatic rings. The summed E-state index contributed by atoms with van der Waals surface area (Å²) in [6.07, 6.45) is 1.37. The molecule has 88 valence electrons. The van der Waals surface area contributed by atoms with E-state index in [1.807, 2.05) is 6.92 Å². The molecule has 0 aromatic heterocycles. The van der Waals surface area contributed by atoms with Gasteiger partial charge >= 0.3 is 0 Å². The monoisotopic (exact) mass is 225 g/mol. The van der Waals surface area contributed by atoms with Gasteiger partial charge in [0.1, 0.15) is 11.9 Å². The van der Waals surface area contributed by atoms with E-state index in [-0.39, 0.29) is 18.0 Å². The molecular weight excluding hydrogens is 210 g/mol. The van der Waals surface area contributed by atoms with Crippen LogP contribution in [0.15, 0.2) is 5.10 Å². The number of hydrogen-bond donors (Lipinski definition) is 1. The summed E-state index contributed by atoms with van der Waals surface area (Å²) in [7, 11) is 0. The zero-order valence-electron chi connectivity index (χ0n) is 9.23. The smallest absolute Gasteiger partial charge is 0.272 e. The maximum absolute atomic E-state index is 12.0. The minimum Gasteiger partial charge on any atom is -0.359 e. The number of rotatable bonds is 1. The molecule has 2 rings (SSSR count). The van der Waals surface area contributed by atoms with Gasteiger partial charge in [0.15, 0.2) is 0 Å². The van der Waals surface area contributed by atoms with Gasteiger partial charge in [-0.1, -0.05) is 0 Å². The molecule has 0 bridgehead atoms. The van der Waals surface area contributed by atoms with Gasteiger partial charge in [-0.15, -0.1) is 0 Å². The van der Waals surface area contributed by atoms with E-state index in [1.54, 1.807) is 4.90 Å². The standard InChI is InChI=1S/C10H15N3O3/c1-7-13(5-2-6-16-7)10(15)8-3-4-9(14)12-11-8/h7H,2-6H2,1H3,(H,12,14). The van der Waals surface area contributed by atoms with Crippen molar-refractivity contribution in [3.8, 4) is 0 Å². The van der Waals surface area contributed by atoms with E-state index in [0.717, 1.165) is 6.42 Å². The summed E-state index contributed by atoms with van der Waals surface area (Å²) in [5.41, 5.74) is 2.74. The molecule has 2 aliphatic rings. The zero-order chi connectivity index (χ0) is 11.5. The van der Waals surface area contributed by atoms with Crippen molar-refractivity contribution in [1.82, 2.24) is 10.3 Å². The molecule has 0 aliphatic carbocycles. The third kappa shape index (κ3) is 2.21. The summed E-state index contributed by atoms with van der Waals surface area (Å²) in [6, 6.07) is 0. The van der Waals surface area contributed by atoms with Crippen LogP contribution in [0.5, 0.6) is 0 Å². The predicted molar refractivity (Wildman–Crippen MR) is 56.6 cm³/mol. The average molecular weight is 225 g/mol. The lowest BCUT2D eigenvalue weighted by atomic mass is 10.1. The molecule has 2 amide bonds. The van der Waals surface area contributed by atoms with Gasteiger partial charge in [0.2, 0.25) is 5.91 Å². The van der Waals surface area contributed by atoms with Gasteiger partial charge in [-0.05, 0) is 13.3 Å². The average Bonchev–Trinajstić information content (AvgIpc) is 2.30. The highest BCUT2D eigenvalue weighted by molar-refractivity contribution is 6.39. The Balaban J connectivity index is 2.03. The number of nitrogens with one attached hydrogen (secondary N) is 1. The summed E-state index contributed by atoms with van der Waals surface area (Å²) in [6.45, 7) is 3.22. The van der Waals surface area contributed by atoms with Gasteiger partial charge < -0.3 is 9.64 Å². The minimum absolute atomic E-state index is 0.132. The van der Waals surface area contributed by atoms with E-state index in [0.29, 0.717) is 31.7 Å². The van der Waals surface area contributed by atoms with Crippen LogP contribution in [0.3, 0.4) is 0 Å². The summed E-state index contributed by atoms with van der Waals surface area (Å²) < 4.78 is 5.39. The number of hydrogen-bond acceptors (Lipinski definition) is 4. The Kier molecular flexibility index (Phi) is 3.19. The van der Waals surface area contributed by atoms with Crippen molar-refractivity contribution in [1.29, 1.82) is 0 Å². The van der Waals surface area contributed by atoms with Gasteiger partial charge in [-0.2, -0.15) is 5.10 Å². The molecule has 1 atom stereocenters. The summed E-state index contributed by atoms with van der Waals surface area (Å²) >= 11 is 0. The van der Waals surface area contributed by atoms with Crippen molar-refractivity contribution >= 4 is 17.5 Å². The number of hydrazone groups is 1. The molecule has 0 radical (unpaired) electrons. The topological polar surface area (TPSA) is 71.0 Å². The lowest BCUT2D eigenvalue weighted by Crippen LogP contribution is -2.48. The van der Waals surface area contributed by atoms with Gasteiger partial charge in [-0.3, -0.25) is 9.59 Å². The first-order chi connectivity index (χ1) is 7.68. The van der Waals surface area contributed by atoms with E-state index in [9.17, 15) is 9.59 Å². The molecule has 1 fully saturated rings. The van der Waals surface area contributed by atoms with Crippen LogP contribution in [0.2, 0.25) is 0 Å². The maximum atomic E-state index is 12.0. The Hall–Kier alpha value is -1.43. The first-order valence-corrected chi connectivity index (χ1v) is 5.46. The summed E-state index contributed by atoms with van der Waals surface area (Å²) in [5, 5.41) is 3.79. The van der Waals surface area contributed by atoms with Crippen LogP contribution in [0.4, 0.5) is 0 Å². The molecular formula is C10H15N3O3. The molecule has 16 heavy (non-hydrogen) atoms. The van der Waals surface area contributed by atoms with Crippen LogP contribution < -0.4 is 5.43 Å². The Labute approximate surface area is 93.6 Å². The lowest BCUT2D eigenvalue weighted by Gasteiger charge is -2.33. The Morgan fingerprint density at radius 2 is 2.38 bits per heavy atom. The van der Waals surface area contributed by atoms with Gasteiger partial charge in [-0.25, -0.2) is 5.43 Å². The second kappa shape index (κ2) is 4.61. The normalized spacial score (nSPS) is 26.1. The molecule has 0 saturated carbocycles. The predicted octanol–water partition coefficient (Wildman–Crippen LogP) is -0.153. The molecule has 1 unspecified atom stereocenters. The van der Waals surface area contributed by atoms with Crippen molar-refractivity contribution in [3.05, 3.63) is 0 Å². The van der Waals surface area contributed by atoms with Gasteiger partial charge in [0.05, 0.1) is 6.61 Å². The largest absolute Gasteiger partial charge is 0.359 e. The number of nitrogens with zero attached hydrogens (tertiary/aromatic N) is 2. The number of carbonyl (C=O) groups excluding carboxylic acids is 2. The third-order valence-corrected chi connectivity index (χ3v) is 2.75. The van der Waals surface area contributed by atoms with Crippen LogP contribution in [-0.2, 0) is 14.3 Å². The van der Waals surface area contributed by atoms with Crippen molar-refractivity contribution in [3.63, 3.8) is 0 Å². The summed E-state index contributed by atoms with van der Waals surface area (Å²) in [4.78, 5) is 24.6. The first-order valence-electron chi connectivity index (χ1n) is 5.46. The molecule has 6 nitrogen and oxygen atoms in total. The number of amides is 2. The van der Waals surface area contributed by atoms with Crippen LogP contribution in [0.1, 0.15) is 26.2 Å². The molecule has 0 aromatic carbocycles. The van der Waals surface area contributed by atoms with E-state index < -0.39 is 0 Å². The van der Waals surface area contributed by atoms with Crippen molar-refractivity contribution in [2.75, 3.05) is 13.2 Å². The van der Waals surface area contributed by atoms with E-state index >= 15 is 0 Å². The Bertz CT molecular complexity index is 340. The fraction of sp³-hybridized carbons (Fsp3) is 0.700. The fourth-order valence-corrected chi connectivity index (χ4v) is 1.82. The van der Waals surface area contributed by atoms with E-state index in [2.05, 4.69) is 10.5 Å². The highest BCUT2D eigenvalue weighted by atomic mass is 16.5. The van der Waals surface area contributed by atoms with Gasteiger partial charge in [0, 0.05) is 19.4 Å². The number of carbonyl (C=O) groups is 2. The lowest BCUT2D eigenvalue weighted by molar-refractivity contribution is -0.144. The second-order valence-electron chi connectivity index (χ2n) is 3.92. The van der Waals surface area contributed by atoms with Crippen molar-refractivity contribution < 1.29 is 14.3 Å². The van der Waals surface area contributed by atoms with Crippen molar-refractivity contribution in [2.45, 2.75) is 32.4 Å². The van der Waals surface area contributed by atoms with Crippen LogP contribution in [0.25, 0.3) is 0 Å². The maximum Gasteiger partial charge on any atom is 0.272 e. The quantitative estimate of drug-likeness (QED) is 0.674. The molecule has 6 heteroatoms. The fourth-order valence-electron chi connectivity index (χ4n) is 1.82. The molecule has 2 heterocycles. The number of ether oxygens (including phenoxy) is 1. The SMILES string of the molecule is CC1OCCCN1C(=O)C1=NNC(=O)CC1. The Morgan fingerprint density at radius 3 is 3.00 bits per heavy atom. The zero-order valence-corrected chi connectivity index (χ0v) is 9.23. The second-order valence-corrected chi connectivity index (χ2v) is 3.92. The van der Waals surface area contributed by atoms with Crippen LogP contribution in [-0.4, -0.2) is 41.8 Å².